The topological polar surface area (TPSA) is 46.1 Å². The molecule has 0 aromatic heterocycles. The maximum Gasteiger partial charge on any atom is 0.193 e. The summed E-state index contributed by atoms with van der Waals surface area (Å²) >= 11 is 0. The van der Waals surface area contributed by atoms with Crippen LogP contribution in [-0.2, 0) is 15.9 Å². The van der Waals surface area contributed by atoms with Crippen molar-refractivity contribution < 1.29 is 9.47 Å². The normalized spacial score (nSPS) is 17.5. The van der Waals surface area contributed by atoms with Crippen LogP contribution >= 0.6 is 24.0 Å². The number of halogens is 1. The molecule has 0 saturated carbocycles. The highest BCUT2D eigenvalue weighted by atomic mass is 127. The minimum atomic E-state index is 0. The summed E-state index contributed by atoms with van der Waals surface area (Å²) < 4.78 is 10.7. The lowest BCUT2D eigenvalue weighted by Crippen LogP contribution is -2.41. The molecule has 1 N–H and O–H groups in total. The smallest absolute Gasteiger partial charge is 0.193 e. The van der Waals surface area contributed by atoms with Gasteiger partial charge in [0, 0.05) is 39.7 Å². The molecule has 0 spiro atoms. The van der Waals surface area contributed by atoms with Crippen LogP contribution < -0.4 is 5.32 Å². The number of likely N-dealkylation sites (tertiary alicyclic amines) is 1. The number of nitrogens with one attached hydrogen (secondary N) is 1. The van der Waals surface area contributed by atoms with Crippen LogP contribution in [0.25, 0.3) is 0 Å². The Balaban J connectivity index is 0.00000312. The van der Waals surface area contributed by atoms with Gasteiger partial charge in [-0.2, -0.15) is 0 Å². The summed E-state index contributed by atoms with van der Waals surface area (Å²) in [5.74, 6) is 1.58. The zero-order valence-corrected chi connectivity index (χ0v) is 18.0. The van der Waals surface area contributed by atoms with Crippen LogP contribution in [0.2, 0.25) is 0 Å². The fourth-order valence-corrected chi connectivity index (χ4v) is 2.96. The van der Waals surface area contributed by atoms with Crippen LogP contribution in [0.1, 0.15) is 17.5 Å². The number of methoxy groups -OCH3 is 1. The Morgan fingerprint density at radius 1 is 1.28 bits per heavy atom. The third-order valence-electron chi connectivity index (χ3n) is 4.40. The molecule has 6 heteroatoms. The van der Waals surface area contributed by atoms with Gasteiger partial charge in [-0.1, -0.05) is 29.8 Å². The van der Waals surface area contributed by atoms with E-state index in [0.29, 0.717) is 19.1 Å². The van der Waals surface area contributed by atoms with E-state index in [9.17, 15) is 0 Å². The van der Waals surface area contributed by atoms with Gasteiger partial charge < -0.3 is 19.7 Å². The van der Waals surface area contributed by atoms with E-state index in [-0.39, 0.29) is 24.0 Å². The van der Waals surface area contributed by atoms with Crippen LogP contribution in [0.15, 0.2) is 29.3 Å². The number of rotatable bonds is 8. The molecule has 0 amide bonds. The number of benzene rings is 1. The molecule has 1 saturated heterocycles. The highest BCUT2D eigenvalue weighted by molar-refractivity contribution is 14.0. The molecule has 1 atom stereocenters. The quantitative estimate of drug-likeness (QED) is 0.280. The van der Waals surface area contributed by atoms with Gasteiger partial charge in [0.1, 0.15) is 0 Å². The molecule has 0 aliphatic carbocycles. The molecule has 1 fully saturated rings. The Labute approximate surface area is 169 Å². The predicted octanol–water partition coefficient (Wildman–Crippen LogP) is 2.72. The standard InChI is InChI=1S/C19H31N3O2.HI/c1-16-4-6-17(7-5-16)8-10-21-19(20-2)22-11-9-18(14-22)15-24-13-12-23-3;/h4-7,18H,8-15H2,1-3H3,(H,20,21);1H. The number of aliphatic imine (C=N–C) groups is 1. The average Bonchev–Trinajstić information content (AvgIpc) is 3.06. The maximum atomic E-state index is 5.66. The minimum Gasteiger partial charge on any atom is -0.382 e. The zero-order valence-electron chi connectivity index (χ0n) is 15.7. The van der Waals surface area contributed by atoms with Crippen molar-refractivity contribution in [2.24, 2.45) is 10.9 Å². The zero-order chi connectivity index (χ0) is 17.2. The number of aryl methyl sites for hydroxylation is 1. The second-order valence-electron chi connectivity index (χ2n) is 6.38. The van der Waals surface area contributed by atoms with Crippen molar-refractivity contribution in [3.05, 3.63) is 35.4 Å². The van der Waals surface area contributed by atoms with Crippen molar-refractivity contribution >= 4 is 29.9 Å². The molecular weight excluding hydrogens is 429 g/mol. The Morgan fingerprint density at radius 2 is 2.04 bits per heavy atom. The Hall–Kier alpha value is -0.860. The van der Waals surface area contributed by atoms with Gasteiger partial charge in [0.2, 0.25) is 0 Å². The summed E-state index contributed by atoms with van der Waals surface area (Å²) in [6.07, 6.45) is 2.17. The van der Waals surface area contributed by atoms with E-state index in [2.05, 4.69) is 46.4 Å². The van der Waals surface area contributed by atoms with Gasteiger partial charge in [-0.25, -0.2) is 0 Å². The summed E-state index contributed by atoms with van der Waals surface area (Å²) in [6.45, 7) is 7.23. The number of guanidine groups is 1. The molecule has 142 valence electrons. The second kappa shape index (κ2) is 12.5. The Morgan fingerprint density at radius 3 is 2.72 bits per heavy atom. The maximum absolute atomic E-state index is 5.66. The average molecular weight is 461 g/mol. The van der Waals surface area contributed by atoms with E-state index in [1.807, 2.05) is 7.05 Å². The van der Waals surface area contributed by atoms with E-state index >= 15 is 0 Å². The first-order chi connectivity index (χ1) is 11.7. The summed E-state index contributed by atoms with van der Waals surface area (Å²) in [5.41, 5.74) is 2.66. The highest BCUT2D eigenvalue weighted by Crippen LogP contribution is 2.16. The SMILES string of the molecule is CN=C(NCCc1ccc(C)cc1)N1CCC(COCCOC)C1.I. The van der Waals surface area contributed by atoms with Crippen molar-refractivity contribution in [2.45, 2.75) is 19.8 Å². The molecule has 1 aliphatic rings. The van der Waals surface area contributed by atoms with Crippen LogP contribution in [0.4, 0.5) is 0 Å². The molecule has 25 heavy (non-hydrogen) atoms. The molecule has 0 bridgehead atoms. The first-order valence-corrected chi connectivity index (χ1v) is 8.80. The number of ether oxygens (including phenoxy) is 2. The molecule has 1 aromatic carbocycles. The van der Waals surface area contributed by atoms with Crippen molar-refractivity contribution in [3.63, 3.8) is 0 Å². The molecule has 1 unspecified atom stereocenters. The van der Waals surface area contributed by atoms with Crippen LogP contribution in [0, 0.1) is 12.8 Å². The van der Waals surface area contributed by atoms with Crippen molar-refractivity contribution in [1.29, 1.82) is 0 Å². The summed E-state index contributed by atoms with van der Waals surface area (Å²) in [4.78, 5) is 6.76. The fraction of sp³-hybridized carbons (Fsp3) is 0.632. The van der Waals surface area contributed by atoms with E-state index < -0.39 is 0 Å². The van der Waals surface area contributed by atoms with E-state index in [1.165, 1.54) is 11.1 Å². The molecule has 1 aliphatic heterocycles. The van der Waals surface area contributed by atoms with Crippen LogP contribution in [0.5, 0.6) is 0 Å². The third kappa shape index (κ3) is 7.92. The van der Waals surface area contributed by atoms with Gasteiger partial charge in [-0.15, -0.1) is 24.0 Å². The van der Waals surface area contributed by atoms with Crippen LogP contribution in [-0.4, -0.2) is 64.5 Å². The molecule has 1 heterocycles. The molecular formula is C19H32IN3O2. The number of hydrogen-bond acceptors (Lipinski definition) is 3. The first-order valence-electron chi connectivity index (χ1n) is 8.80. The number of hydrogen-bond donors (Lipinski definition) is 1. The van der Waals surface area contributed by atoms with Gasteiger partial charge in [0.05, 0.1) is 19.8 Å². The highest BCUT2D eigenvalue weighted by Gasteiger charge is 2.24. The second-order valence-corrected chi connectivity index (χ2v) is 6.38. The fourth-order valence-electron chi connectivity index (χ4n) is 2.96. The minimum absolute atomic E-state index is 0. The largest absolute Gasteiger partial charge is 0.382 e. The van der Waals surface area contributed by atoms with Gasteiger partial charge >= 0.3 is 0 Å². The van der Waals surface area contributed by atoms with Crippen LogP contribution in [0.3, 0.4) is 0 Å². The van der Waals surface area contributed by atoms with Crippen molar-refractivity contribution in [3.8, 4) is 0 Å². The first kappa shape index (κ1) is 22.2. The van der Waals surface area contributed by atoms with E-state index in [1.54, 1.807) is 7.11 Å². The van der Waals surface area contributed by atoms with Crippen molar-refractivity contribution in [2.75, 3.05) is 53.6 Å². The van der Waals surface area contributed by atoms with E-state index in [4.69, 9.17) is 9.47 Å². The third-order valence-corrected chi connectivity index (χ3v) is 4.40. The Bertz CT molecular complexity index is 508. The van der Waals surface area contributed by atoms with Gasteiger partial charge in [-0.3, -0.25) is 4.99 Å². The lowest BCUT2D eigenvalue weighted by Gasteiger charge is -2.21. The Kier molecular flexibility index (Phi) is 11.1. The van der Waals surface area contributed by atoms with Gasteiger partial charge in [0.25, 0.3) is 0 Å². The number of nitrogens with zero attached hydrogens (tertiary/aromatic N) is 2. The molecule has 0 radical (unpaired) electrons. The summed E-state index contributed by atoms with van der Waals surface area (Å²) in [5, 5.41) is 3.49. The molecule has 5 nitrogen and oxygen atoms in total. The monoisotopic (exact) mass is 461 g/mol. The molecule has 1 aromatic rings. The van der Waals surface area contributed by atoms with Crippen molar-refractivity contribution in [1.82, 2.24) is 10.2 Å². The summed E-state index contributed by atoms with van der Waals surface area (Å²) in [6, 6.07) is 8.73. The molecule has 2 rings (SSSR count). The summed E-state index contributed by atoms with van der Waals surface area (Å²) in [7, 11) is 3.56. The lowest BCUT2D eigenvalue weighted by atomic mass is 10.1. The lowest BCUT2D eigenvalue weighted by molar-refractivity contribution is 0.0536. The van der Waals surface area contributed by atoms with Gasteiger partial charge in [-0.05, 0) is 25.3 Å². The predicted molar refractivity (Wildman–Crippen MR) is 114 cm³/mol. The van der Waals surface area contributed by atoms with E-state index in [0.717, 1.165) is 45.0 Å². The van der Waals surface area contributed by atoms with Gasteiger partial charge in [0.15, 0.2) is 5.96 Å².